The van der Waals surface area contributed by atoms with Gasteiger partial charge in [0, 0.05) is 5.56 Å². The second kappa shape index (κ2) is 4.20. The van der Waals surface area contributed by atoms with Crippen molar-refractivity contribution < 1.29 is 8.78 Å². The number of halogens is 3. The van der Waals surface area contributed by atoms with E-state index < -0.39 is 23.2 Å². The number of rotatable bonds is 2. The maximum Gasteiger partial charge on any atom is 0.266 e. The molecule has 3 nitrogen and oxygen atoms in total. The van der Waals surface area contributed by atoms with Gasteiger partial charge in [-0.3, -0.25) is 4.79 Å². The molecule has 0 atom stereocenters. The van der Waals surface area contributed by atoms with E-state index in [1.807, 2.05) is 4.98 Å². The molecule has 0 saturated carbocycles. The molecule has 0 unspecified atom stereocenters. The fraction of sp³-hybridized carbons (Fsp3) is 0.250. The van der Waals surface area contributed by atoms with Gasteiger partial charge in [-0.1, -0.05) is 0 Å². The third-order valence-electron chi connectivity index (χ3n) is 1.64. The van der Waals surface area contributed by atoms with Gasteiger partial charge in [0.15, 0.2) is 0 Å². The summed E-state index contributed by atoms with van der Waals surface area (Å²) >= 11 is 5.36. The number of hydrogen-bond donors (Lipinski definition) is 1. The van der Waals surface area contributed by atoms with Crippen molar-refractivity contribution in [2.75, 3.05) is 0 Å². The smallest absolute Gasteiger partial charge is 0.266 e. The van der Waals surface area contributed by atoms with Crippen LogP contribution in [0.2, 0.25) is 0 Å². The molecule has 0 spiro atoms. The molecule has 1 rings (SSSR count). The van der Waals surface area contributed by atoms with Crippen LogP contribution in [0.5, 0.6) is 0 Å². The van der Waals surface area contributed by atoms with E-state index in [2.05, 4.69) is 0 Å². The summed E-state index contributed by atoms with van der Waals surface area (Å²) in [6.45, 7) is 0. The van der Waals surface area contributed by atoms with Crippen LogP contribution in [0, 0.1) is 11.3 Å². The summed E-state index contributed by atoms with van der Waals surface area (Å²) in [4.78, 5) is 13.1. The Hall–Kier alpha value is -1.41. The Morgan fingerprint density at radius 2 is 2.29 bits per heavy atom. The summed E-state index contributed by atoms with van der Waals surface area (Å²) in [5.74, 6) is -0.166. The van der Waals surface area contributed by atoms with Gasteiger partial charge in [0.25, 0.3) is 12.0 Å². The first kappa shape index (κ1) is 10.7. The number of hydrogen-bond acceptors (Lipinski definition) is 2. The summed E-state index contributed by atoms with van der Waals surface area (Å²) in [7, 11) is 0. The van der Waals surface area contributed by atoms with Crippen molar-refractivity contribution in [2.45, 2.75) is 12.3 Å². The predicted octanol–water partition coefficient (Wildman–Crippen LogP) is 1.92. The molecule has 0 radical (unpaired) electrons. The average Bonchev–Trinajstić information content (AvgIpc) is 2.16. The topological polar surface area (TPSA) is 56.6 Å². The summed E-state index contributed by atoms with van der Waals surface area (Å²) < 4.78 is 24.7. The molecule has 0 saturated heterocycles. The molecule has 0 fully saturated rings. The van der Waals surface area contributed by atoms with Gasteiger partial charge in [-0.05, 0) is 6.07 Å². The Bertz CT molecular complexity index is 436. The first-order chi connectivity index (χ1) is 6.60. The van der Waals surface area contributed by atoms with Crippen molar-refractivity contribution in [1.29, 1.82) is 5.26 Å². The van der Waals surface area contributed by atoms with Crippen LogP contribution in [0.3, 0.4) is 0 Å². The maximum atomic E-state index is 12.3. The minimum absolute atomic E-state index is 0.0287. The van der Waals surface area contributed by atoms with Gasteiger partial charge < -0.3 is 4.98 Å². The fourth-order valence-corrected chi connectivity index (χ4v) is 1.15. The van der Waals surface area contributed by atoms with Crippen LogP contribution in [0.25, 0.3) is 0 Å². The summed E-state index contributed by atoms with van der Waals surface area (Å²) in [5, 5.41) is 8.47. The van der Waals surface area contributed by atoms with Crippen LogP contribution in [0.1, 0.15) is 23.2 Å². The molecule has 1 N–H and O–H groups in total. The average molecular weight is 219 g/mol. The molecular formula is C8H5ClF2N2O. The minimum atomic E-state index is -2.80. The van der Waals surface area contributed by atoms with Crippen LogP contribution in [-0.4, -0.2) is 4.98 Å². The highest BCUT2D eigenvalue weighted by atomic mass is 35.5. The van der Waals surface area contributed by atoms with E-state index >= 15 is 0 Å². The number of nitrogens with zero attached hydrogens (tertiary/aromatic N) is 1. The van der Waals surface area contributed by atoms with E-state index in [1.54, 1.807) is 0 Å². The number of nitriles is 1. The number of pyridine rings is 1. The molecule has 14 heavy (non-hydrogen) atoms. The zero-order valence-corrected chi connectivity index (χ0v) is 7.61. The van der Waals surface area contributed by atoms with Crippen LogP contribution >= 0.6 is 11.6 Å². The van der Waals surface area contributed by atoms with Gasteiger partial charge in [-0.25, -0.2) is 8.78 Å². The Balaban J connectivity index is 3.42. The molecule has 6 heteroatoms. The predicted molar refractivity (Wildman–Crippen MR) is 46.3 cm³/mol. The lowest BCUT2D eigenvalue weighted by molar-refractivity contribution is 0.150. The summed E-state index contributed by atoms with van der Waals surface area (Å²) in [6.07, 6.45) is -2.80. The Morgan fingerprint density at radius 3 is 2.71 bits per heavy atom. The SMILES string of the molecule is N#Cc1[nH]c(=O)c(CCl)cc1C(F)F. The lowest BCUT2D eigenvalue weighted by Gasteiger charge is -2.03. The highest BCUT2D eigenvalue weighted by Crippen LogP contribution is 2.21. The Morgan fingerprint density at radius 1 is 1.64 bits per heavy atom. The number of nitrogens with one attached hydrogen (secondary N) is 1. The van der Waals surface area contributed by atoms with Crippen LogP contribution in [-0.2, 0) is 5.88 Å². The second-order valence-electron chi connectivity index (χ2n) is 2.50. The van der Waals surface area contributed by atoms with Gasteiger partial charge >= 0.3 is 0 Å². The van der Waals surface area contributed by atoms with E-state index in [9.17, 15) is 13.6 Å². The molecule has 0 aliphatic carbocycles. The third kappa shape index (κ3) is 1.91. The molecule has 0 aliphatic heterocycles. The molecule has 1 aromatic heterocycles. The molecule has 1 heterocycles. The van der Waals surface area contributed by atoms with Crippen LogP contribution in [0.4, 0.5) is 8.78 Å². The standard InChI is InChI=1S/C8H5ClF2N2O/c9-2-4-1-5(7(10)11)6(3-12)13-8(4)14/h1,7H,2H2,(H,13,14). The van der Waals surface area contributed by atoms with Gasteiger partial charge in [0.1, 0.15) is 11.8 Å². The molecular weight excluding hydrogens is 214 g/mol. The van der Waals surface area contributed by atoms with Gasteiger partial charge in [-0.15, -0.1) is 11.6 Å². The zero-order valence-electron chi connectivity index (χ0n) is 6.85. The van der Waals surface area contributed by atoms with E-state index in [1.165, 1.54) is 6.07 Å². The highest BCUT2D eigenvalue weighted by molar-refractivity contribution is 6.17. The molecule has 0 aliphatic rings. The summed E-state index contributed by atoms with van der Waals surface area (Å²) in [5.41, 5.74) is -1.50. The van der Waals surface area contributed by atoms with Crippen molar-refractivity contribution in [1.82, 2.24) is 4.98 Å². The van der Waals surface area contributed by atoms with Crippen molar-refractivity contribution in [3.63, 3.8) is 0 Å². The Labute approximate surface area is 82.9 Å². The van der Waals surface area contributed by atoms with E-state index in [-0.39, 0.29) is 11.4 Å². The van der Waals surface area contributed by atoms with Crippen molar-refractivity contribution >= 4 is 11.6 Å². The fourth-order valence-electron chi connectivity index (χ4n) is 0.955. The van der Waals surface area contributed by atoms with Crippen LogP contribution < -0.4 is 5.56 Å². The largest absolute Gasteiger partial charge is 0.313 e. The van der Waals surface area contributed by atoms with E-state index in [0.29, 0.717) is 0 Å². The van der Waals surface area contributed by atoms with Gasteiger partial charge in [0.2, 0.25) is 0 Å². The van der Waals surface area contributed by atoms with Crippen LogP contribution in [0.15, 0.2) is 10.9 Å². The van der Waals surface area contributed by atoms with Crippen molar-refractivity contribution in [3.8, 4) is 6.07 Å². The monoisotopic (exact) mass is 218 g/mol. The summed E-state index contributed by atoms with van der Waals surface area (Å²) in [6, 6.07) is 2.44. The van der Waals surface area contributed by atoms with Gasteiger partial charge in [-0.2, -0.15) is 5.26 Å². The number of alkyl halides is 3. The lowest BCUT2D eigenvalue weighted by Crippen LogP contribution is -2.14. The maximum absolute atomic E-state index is 12.3. The first-order valence-electron chi connectivity index (χ1n) is 3.60. The zero-order chi connectivity index (χ0) is 10.7. The van der Waals surface area contributed by atoms with Gasteiger partial charge in [0.05, 0.1) is 11.4 Å². The highest BCUT2D eigenvalue weighted by Gasteiger charge is 2.15. The molecule has 0 bridgehead atoms. The normalized spacial score (nSPS) is 10.2. The Kier molecular flexibility index (Phi) is 3.20. The number of H-pyrrole nitrogens is 1. The number of aromatic amines is 1. The second-order valence-corrected chi connectivity index (χ2v) is 2.77. The van der Waals surface area contributed by atoms with E-state index in [0.717, 1.165) is 6.07 Å². The quantitative estimate of drug-likeness (QED) is 0.771. The molecule has 0 aromatic carbocycles. The molecule has 74 valence electrons. The van der Waals surface area contributed by atoms with E-state index in [4.69, 9.17) is 16.9 Å². The molecule has 1 aromatic rings. The van der Waals surface area contributed by atoms with Crippen molar-refractivity contribution in [3.05, 3.63) is 33.2 Å². The number of aromatic nitrogens is 1. The first-order valence-corrected chi connectivity index (χ1v) is 4.14. The molecule has 0 amide bonds. The van der Waals surface area contributed by atoms with Crippen molar-refractivity contribution in [2.24, 2.45) is 0 Å². The lowest BCUT2D eigenvalue weighted by atomic mass is 10.1. The minimum Gasteiger partial charge on any atom is -0.313 e. The third-order valence-corrected chi connectivity index (χ3v) is 1.93.